The number of anilines is 2. The molecule has 1 saturated heterocycles. The topological polar surface area (TPSA) is 81.2 Å². The van der Waals surface area contributed by atoms with Crippen LogP contribution in [-0.2, 0) is 16.0 Å². The first-order chi connectivity index (χ1) is 18.1. The molecule has 1 saturated carbocycles. The Labute approximate surface area is 218 Å². The number of benzene rings is 2. The number of carbonyl (C=O) groups is 3. The molecule has 10 heteroatoms. The van der Waals surface area contributed by atoms with Gasteiger partial charge in [0.1, 0.15) is 5.82 Å². The average molecular weight is 530 g/mol. The molecule has 1 aliphatic carbocycles. The highest BCUT2D eigenvalue weighted by Crippen LogP contribution is 2.42. The summed E-state index contributed by atoms with van der Waals surface area (Å²) in [6.07, 6.45) is -0.293. The van der Waals surface area contributed by atoms with Crippen LogP contribution in [0.4, 0.5) is 29.3 Å². The maximum Gasteiger partial charge on any atom is 0.324 e. The van der Waals surface area contributed by atoms with Crippen molar-refractivity contribution in [2.75, 3.05) is 29.4 Å². The number of halogens is 3. The van der Waals surface area contributed by atoms with Crippen molar-refractivity contribution < 1.29 is 32.7 Å². The van der Waals surface area contributed by atoms with Crippen molar-refractivity contribution in [3.05, 3.63) is 59.9 Å². The number of likely N-dealkylation sites (tertiary alicyclic amines) is 1. The van der Waals surface area contributed by atoms with Gasteiger partial charge in [0.25, 0.3) is 0 Å². The molecule has 5 rings (SSSR count). The summed E-state index contributed by atoms with van der Waals surface area (Å²) in [7, 11) is 0. The molecule has 3 aliphatic rings. The number of carboxylic acids is 1. The Balaban J connectivity index is 1.31. The lowest BCUT2D eigenvalue weighted by atomic mass is 9.75. The first-order valence-corrected chi connectivity index (χ1v) is 12.9. The summed E-state index contributed by atoms with van der Waals surface area (Å²) in [5.41, 5.74) is 0.443. The summed E-state index contributed by atoms with van der Waals surface area (Å²) >= 11 is 0. The van der Waals surface area contributed by atoms with Crippen LogP contribution in [0, 0.1) is 11.2 Å². The number of carboxylic acid groups (broad SMARTS) is 1. The van der Waals surface area contributed by atoms with Crippen molar-refractivity contribution >= 4 is 29.3 Å². The van der Waals surface area contributed by atoms with Crippen LogP contribution in [0.1, 0.15) is 44.1 Å². The van der Waals surface area contributed by atoms with E-state index < -0.39 is 41.5 Å². The number of piperidine rings is 1. The summed E-state index contributed by atoms with van der Waals surface area (Å²) in [5.74, 6) is -4.96. The van der Waals surface area contributed by atoms with E-state index in [0.717, 1.165) is 5.56 Å². The Kier molecular flexibility index (Phi) is 6.83. The number of amides is 3. The van der Waals surface area contributed by atoms with Gasteiger partial charge in [-0.1, -0.05) is 24.3 Å². The number of fused-ring (bicyclic) bond motifs is 1. The Morgan fingerprint density at radius 1 is 1.00 bits per heavy atom. The normalized spacial score (nSPS) is 21.7. The second-order valence-corrected chi connectivity index (χ2v) is 10.6. The van der Waals surface area contributed by atoms with Crippen LogP contribution in [0.25, 0.3) is 0 Å². The van der Waals surface area contributed by atoms with Gasteiger partial charge in [-0.05, 0) is 55.5 Å². The second kappa shape index (κ2) is 9.96. The number of urea groups is 1. The summed E-state index contributed by atoms with van der Waals surface area (Å²) < 4.78 is 41.9. The molecule has 7 nitrogen and oxygen atoms in total. The van der Waals surface area contributed by atoms with Crippen LogP contribution in [0.15, 0.2) is 48.5 Å². The number of hydrogen-bond donors (Lipinski definition) is 1. The van der Waals surface area contributed by atoms with Crippen LogP contribution < -0.4 is 9.80 Å². The van der Waals surface area contributed by atoms with E-state index in [1.807, 2.05) is 0 Å². The van der Waals surface area contributed by atoms with Gasteiger partial charge in [-0.15, -0.1) is 0 Å². The van der Waals surface area contributed by atoms with E-state index in [2.05, 4.69) is 0 Å². The zero-order valence-corrected chi connectivity index (χ0v) is 20.9. The Hall–Kier alpha value is -3.56. The standard InChI is InChI=1S/C28H30F3N3O4/c29-20-7-6-19-9-13-33(23(19)16-20)26(38)32-14-11-27(12-15-32,25(36)37)18-24(35)34(21-4-2-1-3-5-21)22-8-10-28(30,31)17-22/h1-7,16,22H,8-15,17-18H2,(H,36,37)/t22-/m1/s1. The molecule has 2 heterocycles. The molecule has 2 fully saturated rings. The molecule has 2 aromatic rings. The molecule has 1 atom stereocenters. The Morgan fingerprint density at radius 3 is 2.34 bits per heavy atom. The average Bonchev–Trinajstić information content (AvgIpc) is 3.47. The number of carbonyl (C=O) groups excluding carboxylic acids is 2. The van der Waals surface area contributed by atoms with E-state index in [0.29, 0.717) is 24.3 Å². The van der Waals surface area contributed by atoms with Crippen molar-refractivity contribution in [2.24, 2.45) is 5.41 Å². The van der Waals surface area contributed by atoms with Gasteiger partial charge in [0.15, 0.2) is 0 Å². The second-order valence-electron chi connectivity index (χ2n) is 10.6. The minimum absolute atomic E-state index is 0.0487. The van der Waals surface area contributed by atoms with E-state index in [1.54, 1.807) is 36.4 Å². The predicted octanol–water partition coefficient (Wildman–Crippen LogP) is 5.09. The Bertz CT molecular complexity index is 1230. The first-order valence-electron chi connectivity index (χ1n) is 12.9. The molecule has 1 N–H and O–H groups in total. The number of rotatable bonds is 5. The van der Waals surface area contributed by atoms with E-state index in [1.165, 1.54) is 26.8 Å². The fraction of sp³-hybridized carbons (Fsp3) is 0.464. The molecule has 3 amide bonds. The van der Waals surface area contributed by atoms with Gasteiger partial charge in [-0.2, -0.15) is 0 Å². The van der Waals surface area contributed by atoms with Crippen LogP contribution >= 0.6 is 0 Å². The number of aliphatic carboxylic acids is 1. The van der Waals surface area contributed by atoms with Crippen molar-refractivity contribution in [1.82, 2.24) is 4.90 Å². The highest BCUT2D eigenvalue weighted by Gasteiger charge is 2.48. The molecule has 202 valence electrons. The van der Waals surface area contributed by atoms with Crippen molar-refractivity contribution in [3.63, 3.8) is 0 Å². The largest absolute Gasteiger partial charge is 0.481 e. The molecule has 0 unspecified atom stereocenters. The minimum Gasteiger partial charge on any atom is -0.481 e. The third-order valence-electron chi connectivity index (χ3n) is 8.15. The Morgan fingerprint density at radius 2 is 1.71 bits per heavy atom. The number of para-hydroxylation sites is 1. The molecule has 0 aromatic heterocycles. The zero-order chi connectivity index (χ0) is 27.1. The zero-order valence-electron chi connectivity index (χ0n) is 20.9. The van der Waals surface area contributed by atoms with Gasteiger partial charge in [0.05, 0.1) is 11.1 Å². The molecule has 38 heavy (non-hydrogen) atoms. The number of alkyl halides is 2. The van der Waals surface area contributed by atoms with Crippen molar-refractivity contribution in [2.45, 2.75) is 56.9 Å². The van der Waals surface area contributed by atoms with E-state index in [9.17, 15) is 32.7 Å². The van der Waals surface area contributed by atoms with Gasteiger partial charge in [-0.3, -0.25) is 14.5 Å². The molecular weight excluding hydrogens is 499 g/mol. The van der Waals surface area contributed by atoms with Crippen LogP contribution in [0.2, 0.25) is 0 Å². The van der Waals surface area contributed by atoms with Gasteiger partial charge in [-0.25, -0.2) is 18.0 Å². The fourth-order valence-corrected chi connectivity index (χ4v) is 5.98. The minimum atomic E-state index is -2.87. The highest BCUT2D eigenvalue weighted by atomic mass is 19.3. The van der Waals surface area contributed by atoms with Crippen LogP contribution in [-0.4, -0.2) is 59.5 Å². The van der Waals surface area contributed by atoms with Gasteiger partial charge >= 0.3 is 12.0 Å². The third kappa shape index (κ3) is 4.96. The molecule has 2 aliphatic heterocycles. The maximum atomic E-state index is 14.1. The predicted molar refractivity (Wildman–Crippen MR) is 135 cm³/mol. The molecule has 2 aromatic carbocycles. The summed E-state index contributed by atoms with van der Waals surface area (Å²) in [4.78, 5) is 43.7. The van der Waals surface area contributed by atoms with E-state index in [4.69, 9.17) is 0 Å². The van der Waals surface area contributed by atoms with Gasteiger partial charge < -0.3 is 14.9 Å². The van der Waals surface area contributed by atoms with E-state index >= 15 is 0 Å². The molecule has 0 radical (unpaired) electrons. The molecular formula is C28H30F3N3O4. The van der Waals surface area contributed by atoms with Crippen LogP contribution in [0.3, 0.4) is 0 Å². The van der Waals surface area contributed by atoms with Gasteiger partial charge in [0, 0.05) is 50.6 Å². The summed E-state index contributed by atoms with van der Waals surface area (Å²) in [5, 5.41) is 10.2. The van der Waals surface area contributed by atoms with E-state index in [-0.39, 0.29) is 51.2 Å². The lowest BCUT2D eigenvalue weighted by molar-refractivity contribution is -0.154. The summed E-state index contributed by atoms with van der Waals surface area (Å²) in [6.45, 7) is 0.646. The SMILES string of the molecule is O=C(N1CCC(CC(=O)N(c2ccccc2)[C@@H]2CCC(F)(F)C2)(C(=O)O)CC1)N1CCc2ccc(F)cc21. The summed E-state index contributed by atoms with van der Waals surface area (Å²) in [6, 6.07) is 11.8. The lowest BCUT2D eigenvalue weighted by Crippen LogP contribution is -2.52. The number of hydrogen-bond acceptors (Lipinski definition) is 3. The monoisotopic (exact) mass is 529 g/mol. The number of nitrogens with zero attached hydrogens (tertiary/aromatic N) is 3. The molecule has 0 spiro atoms. The van der Waals surface area contributed by atoms with Crippen LogP contribution in [0.5, 0.6) is 0 Å². The third-order valence-corrected chi connectivity index (χ3v) is 8.15. The maximum absolute atomic E-state index is 14.1. The first kappa shape index (κ1) is 26.1. The smallest absolute Gasteiger partial charge is 0.324 e. The van der Waals surface area contributed by atoms with Gasteiger partial charge in [0.2, 0.25) is 11.8 Å². The molecule has 0 bridgehead atoms. The highest BCUT2D eigenvalue weighted by molar-refractivity contribution is 5.97. The lowest BCUT2D eigenvalue weighted by Gasteiger charge is -2.41. The fourth-order valence-electron chi connectivity index (χ4n) is 5.98. The quantitative estimate of drug-likeness (QED) is 0.586. The van der Waals surface area contributed by atoms with Crippen molar-refractivity contribution in [3.8, 4) is 0 Å². The van der Waals surface area contributed by atoms with Crippen molar-refractivity contribution in [1.29, 1.82) is 0 Å².